The Morgan fingerprint density at radius 3 is 2.87 bits per heavy atom. The normalized spacial score (nSPS) is 11.5. The van der Waals surface area contributed by atoms with E-state index in [0.29, 0.717) is 11.6 Å². The number of anilines is 1. The van der Waals surface area contributed by atoms with Crippen molar-refractivity contribution < 1.29 is 8.42 Å². The summed E-state index contributed by atoms with van der Waals surface area (Å²) in [6, 6.07) is 3.68. The van der Waals surface area contributed by atoms with Gasteiger partial charge in [-0.2, -0.15) is 11.8 Å². The summed E-state index contributed by atoms with van der Waals surface area (Å²) in [6.07, 6.45) is 2.90. The van der Waals surface area contributed by atoms with Gasteiger partial charge in [-0.15, -0.1) is 0 Å². The molecule has 2 N–H and O–H groups in total. The van der Waals surface area contributed by atoms with Gasteiger partial charge in [-0.25, -0.2) is 13.4 Å². The van der Waals surface area contributed by atoms with Crippen molar-refractivity contribution in [1.29, 1.82) is 0 Å². The number of nitrogens with two attached hydrogens (primary N) is 1. The lowest BCUT2D eigenvalue weighted by Gasteiger charge is -2.01. The maximum atomic E-state index is 10.9. The van der Waals surface area contributed by atoms with Crippen molar-refractivity contribution in [2.24, 2.45) is 0 Å². The van der Waals surface area contributed by atoms with E-state index in [1.165, 1.54) is 6.26 Å². The standard InChI is InChI=1S/C9H14N2O2S2/c1-15(12,13)5-4-14-7-8-2-3-11-9(10)6-8/h2-3,6H,4-5,7H2,1H3,(H2,10,11). The summed E-state index contributed by atoms with van der Waals surface area (Å²) in [5, 5.41) is 0. The Morgan fingerprint density at radius 1 is 1.53 bits per heavy atom. The van der Waals surface area contributed by atoms with E-state index in [2.05, 4.69) is 4.98 Å². The molecule has 0 radical (unpaired) electrons. The van der Waals surface area contributed by atoms with Crippen molar-refractivity contribution in [3.8, 4) is 0 Å². The number of sulfone groups is 1. The predicted molar refractivity (Wildman–Crippen MR) is 64.5 cm³/mol. The van der Waals surface area contributed by atoms with Crippen molar-refractivity contribution in [2.75, 3.05) is 23.5 Å². The van der Waals surface area contributed by atoms with E-state index >= 15 is 0 Å². The van der Waals surface area contributed by atoms with Crippen LogP contribution in [0, 0.1) is 0 Å². The molecule has 4 nitrogen and oxygen atoms in total. The van der Waals surface area contributed by atoms with Crippen molar-refractivity contribution >= 4 is 27.4 Å². The first kappa shape index (κ1) is 12.3. The zero-order chi connectivity index (χ0) is 11.3. The van der Waals surface area contributed by atoms with E-state index in [4.69, 9.17) is 5.73 Å². The van der Waals surface area contributed by atoms with Crippen molar-refractivity contribution in [3.63, 3.8) is 0 Å². The van der Waals surface area contributed by atoms with Gasteiger partial charge in [0.15, 0.2) is 0 Å². The van der Waals surface area contributed by atoms with Crippen LogP contribution in [0.1, 0.15) is 5.56 Å². The number of nitrogen functional groups attached to an aromatic ring is 1. The highest BCUT2D eigenvalue weighted by atomic mass is 32.2. The smallest absolute Gasteiger partial charge is 0.148 e. The number of aromatic nitrogens is 1. The number of hydrogen-bond acceptors (Lipinski definition) is 5. The van der Waals surface area contributed by atoms with Gasteiger partial charge in [0.25, 0.3) is 0 Å². The Hall–Kier alpha value is -0.750. The Kier molecular flexibility index (Phi) is 4.41. The Balaban J connectivity index is 2.32. The molecule has 0 saturated heterocycles. The molecule has 1 rings (SSSR count). The second-order valence-electron chi connectivity index (χ2n) is 3.27. The monoisotopic (exact) mass is 246 g/mol. The van der Waals surface area contributed by atoms with Gasteiger partial charge < -0.3 is 5.73 Å². The average molecular weight is 246 g/mol. The van der Waals surface area contributed by atoms with E-state index in [9.17, 15) is 8.42 Å². The lowest BCUT2D eigenvalue weighted by molar-refractivity contribution is 0.603. The second-order valence-corrected chi connectivity index (χ2v) is 6.64. The largest absolute Gasteiger partial charge is 0.384 e. The molecule has 0 atom stereocenters. The van der Waals surface area contributed by atoms with Crippen LogP contribution in [0.5, 0.6) is 0 Å². The predicted octanol–water partition coefficient (Wildman–Crippen LogP) is 0.942. The molecule has 0 aromatic carbocycles. The molecule has 15 heavy (non-hydrogen) atoms. The summed E-state index contributed by atoms with van der Waals surface area (Å²) >= 11 is 1.58. The lowest BCUT2D eigenvalue weighted by atomic mass is 10.3. The molecule has 0 spiro atoms. The fourth-order valence-corrected chi connectivity index (χ4v) is 3.23. The highest BCUT2D eigenvalue weighted by Crippen LogP contribution is 2.13. The molecule has 1 aromatic heterocycles. The summed E-state index contributed by atoms with van der Waals surface area (Å²) in [6.45, 7) is 0. The average Bonchev–Trinajstić information content (AvgIpc) is 2.11. The molecule has 84 valence electrons. The van der Waals surface area contributed by atoms with Crippen LogP contribution in [0.25, 0.3) is 0 Å². The van der Waals surface area contributed by atoms with Crippen LogP contribution in [-0.4, -0.2) is 31.2 Å². The third kappa shape index (κ3) is 5.64. The Bertz CT molecular complexity index is 418. The molecule has 0 bridgehead atoms. The van der Waals surface area contributed by atoms with E-state index in [1.807, 2.05) is 6.07 Å². The van der Waals surface area contributed by atoms with Crippen LogP contribution < -0.4 is 5.73 Å². The maximum absolute atomic E-state index is 10.9. The second kappa shape index (κ2) is 5.37. The Labute approximate surface area is 94.2 Å². The molecule has 0 aliphatic heterocycles. The third-order valence-electron chi connectivity index (χ3n) is 1.71. The van der Waals surface area contributed by atoms with Crippen LogP contribution in [0.4, 0.5) is 5.82 Å². The first-order valence-electron chi connectivity index (χ1n) is 4.43. The molecule has 1 aromatic rings. The molecule has 0 aliphatic carbocycles. The summed E-state index contributed by atoms with van der Waals surface area (Å²) in [4.78, 5) is 3.88. The highest BCUT2D eigenvalue weighted by molar-refractivity contribution is 7.99. The zero-order valence-electron chi connectivity index (χ0n) is 8.51. The van der Waals surface area contributed by atoms with Gasteiger partial charge in [0, 0.05) is 24.0 Å². The Morgan fingerprint density at radius 2 is 2.27 bits per heavy atom. The lowest BCUT2D eigenvalue weighted by Crippen LogP contribution is -2.05. The van der Waals surface area contributed by atoms with Gasteiger partial charge in [0.05, 0.1) is 5.75 Å². The molecule has 0 saturated carbocycles. The summed E-state index contributed by atoms with van der Waals surface area (Å²) < 4.78 is 21.7. The molecule has 1 heterocycles. The first-order chi connectivity index (χ1) is 6.97. The number of thioether (sulfide) groups is 1. The minimum absolute atomic E-state index is 0.220. The van der Waals surface area contributed by atoms with Crippen LogP contribution in [0.15, 0.2) is 18.3 Å². The summed E-state index contributed by atoms with van der Waals surface area (Å²) in [5.74, 6) is 2.10. The van der Waals surface area contributed by atoms with Crippen LogP contribution >= 0.6 is 11.8 Å². The molecular weight excluding hydrogens is 232 g/mol. The molecule has 0 aliphatic rings. The molecule has 6 heteroatoms. The van der Waals surface area contributed by atoms with Crippen LogP contribution in [0.3, 0.4) is 0 Å². The number of nitrogens with zero attached hydrogens (tertiary/aromatic N) is 1. The van der Waals surface area contributed by atoms with Gasteiger partial charge >= 0.3 is 0 Å². The van der Waals surface area contributed by atoms with E-state index in [0.717, 1.165) is 11.3 Å². The quantitative estimate of drug-likeness (QED) is 0.783. The molecule has 0 fully saturated rings. The van der Waals surface area contributed by atoms with E-state index in [-0.39, 0.29) is 5.75 Å². The number of hydrogen-bond donors (Lipinski definition) is 1. The van der Waals surface area contributed by atoms with E-state index < -0.39 is 9.84 Å². The van der Waals surface area contributed by atoms with E-state index in [1.54, 1.807) is 24.0 Å². The summed E-state index contributed by atoms with van der Waals surface area (Å²) in [5.41, 5.74) is 6.59. The van der Waals surface area contributed by atoms with Crippen molar-refractivity contribution in [1.82, 2.24) is 4.98 Å². The van der Waals surface area contributed by atoms with Gasteiger partial charge in [-0.1, -0.05) is 0 Å². The molecular formula is C9H14N2O2S2. The number of pyridine rings is 1. The maximum Gasteiger partial charge on any atom is 0.148 e. The van der Waals surface area contributed by atoms with Gasteiger partial charge in [-0.3, -0.25) is 0 Å². The van der Waals surface area contributed by atoms with Crippen LogP contribution in [-0.2, 0) is 15.6 Å². The van der Waals surface area contributed by atoms with Crippen molar-refractivity contribution in [2.45, 2.75) is 5.75 Å². The SMILES string of the molecule is CS(=O)(=O)CCSCc1ccnc(N)c1. The first-order valence-corrected chi connectivity index (χ1v) is 7.65. The minimum atomic E-state index is -2.84. The van der Waals surface area contributed by atoms with Gasteiger partial charge in [0.2, 0.25) is 0 Å². The molecule has 0 unspecified atom stereocenters. The van der Waals surface area contributed by atoms with Crippen LogP contribution in [0.2, 0.25) is 0 Å². The number of rotatable bonds is 5. The van der Waals surface area contributed by atoms with Gasteiger partial charge in [0.1, 0.15) is 15.7 Å². The fraction of sp³-hybridized carbons (Fsp3) is 0.444. The van der Waals surface area contributed by atoms with Gasteiger partial charge in [-0.05, 0) is 17.7 Å². The highest BCUT2D eigenvalue weighted by Gasteiger charge is 2.01. The fourth-order valence-electron chi connectivity index (χ4n) is 0.985. The zero-order valence-corrected chi connectivity index (χ0v) is 10.1. The topological polar surface area (TPSA) is 73.0 Å². The summed E-state index contributed by atoms with van der Waals surface area (Å²) in [7, 11) is -2.84. The minimum Gasteiger partial charge on any atom is -0.384 e. The van der Waals surface area contributed by atoms with Crippen molar-refractivity contribution in [3.05, 3.63) is 23.9 Å². The third-order valence-corrected chi connectivity index (χ3v) is 3.95. The molecule has 0 amide bonds.